The van der Waals surface area contributed by atoms with Crippen LogP contribution in [0.25, 0.3) is 0 Å². The normalized spacial score (nSPS) is 18.9. The van der Waals surface area contributed by atoms with E-state index >= 15 is 0 Å². The van der Waals surface area contributed by atoms with Crippen molar-refractivity contribution in [2.45, 2.75) is 19.0 Å². The van der Waals surface area contributed by atoms with Gasteiger partial charge in [0.2, 0.25) is 5.91 Å². The van der Waals surface area contributed by atoms with Gasteiger partial charge in [0.25, 0.3) is 0 Å². The third-order valence-electron chi connectivity index (χ3n) is 2.83. The van der Waals surface area contributed by atoms with Crippen LogP contribution < -0.4 is 5.32 Å². The standard InChI is InChI=1S/C10H14N4O3/c1-11-3-9(15)14-4-7-6(12-5-13-7)2-8(14)10(16)17/h5,8,11H,2-4H2,1H3,(H,12,13)(H,16,17). The lowest BCUT2D eigenvalue weighted by Gasteiger charge is -2.32. The molecule has 92 valence electrons. The van der Waals surface area contributed by atoms with Crippen molar-refractivity contribution in [2.24, 2.45) is 0 Å². The second-order valence-electron chi connectivity index (χ2n) is 3.94. The fourth-order valence-corrected chi connectivity index (χ4v) is 1.97. The minimum Gasteiger partial charge on any atom is -0.480 e. The maximum atomic E-state index is 11.8. The Morgan fingerprint density at radius 1 is 1.71 bits per heavy atom. The molecule has 0 spiro atoms. The van der Waals surface area contributed by atoms with Gasteiger partial charge in [-0.3, -0.25) is 4.79 Å². The predicted molar refractivity (Wildman–Crippen MR) is 58.2 cm³/mol. The van der Waals surface area contributed by atoms with Crippen LogP contribution in [0.3, 0.4) is 0 Å². The highest BCUT2D eigenvalue weighted by Crippen LogP contribution is 2.20. The molecule has 1 unspecified atom stereocenters. The van der Waals surface area contributed by atoms with Crippen molar-refractivity contribution >= 4 is 11.9 Å². The molecule has 1 atom stereocenters. The number of carbonyl (C=O) groups excluding carboxylic acids is 1. The summed E-state index contributed by atoms with van der Waals surface area (Å²) in [5.41, 5.74) is 1.54. The number of imidazole rings is 1. The van der Waals surface area contributed by atoms with Gasteiger partial charge >= 0.3 is 5.97 Å². The Kier molecular flexibility index (Phi) is 3.10. The zero-order valence-corrected chi connectivity index (χ0v) is 9.43. The first-order chi connectivity index (χ1) is 8.13. The number of aromatic nitrogens is 2. The molecule has 17 heavy (non-hydrogen) atoms. The van der Waals surface area contributed by atoms with E-state index in [9.17, 15) is 9.59 Å². The maximum absolute atomic E-state index is 11.8. The lowest BCUT2D eigenvalue weighted by molar-refractivity contribution is -0.151. The van der Waals surface area contributed by atoms with Gasteiger partial charge in [-0.1, -0.05) is 0 Å². The summed E-state index contributed by atoms with van der Waals surface area (Å²) < 4.78 is 0. The monoisotopic (exact) mass is 238 g/mol. The molecule has 2 rings (SSSR count). The smallest absolute Gasteiger partial charge is 0.326 e. The maximum Gasteiger partial charge on any atom is 0.326 e. The number of fused-ring (bicyclic) bond motifs is 1. The topological polar surface area (TPSA) is 98.3 Å². The van der Waals surface area contributed by atoms with Crippen LogP contribution in [0.1, 0.15) is 11.4 Å². The van der Waals surface area contributed by atoms with Crippen LogP contribution in [-0.2, 0) is 22.6 Å². The molecule has 2 heterocycles. The zero-order chi connectivity index (χ0) is 12.4. The number of aliphatic carboxylic acids is 1. The Balaban J connectivity index is 2.24. The summed E-state index contributed by atoms with van der Waals surface area (Å²) in [6.45, 7) is 0.403. The Labute approximate surface area is 97.8 Å². The van der Waals surface area contributed by atoms with Crippen molar-refractivity contribution in [3.8, 4) is 0 Å². The van der Waals surface area contributed by atoms with Gasteiger partial charge in [-0.2, -0.15) is 0 Å². The Morgan fingerprint density at radius 3 is 3.12 bits per heavy atom. The molecule has 7 nitrogen and oxygen atoms in total. The van der Waals surface area contributed by atoms with Crippen LogP contribution in [0, 0.1) is 0 Å². The van der Waals surface area contributed by atoms with Gasteiger partial charge < -0.3 is 20.3 Å². The average molecular weight is 238 g/mol. The average Bonchev–Trinajstić information content (AvgIpc) is 2.74. The fraction of sp³-hybridized carbons (Fsp3) is 0.500. The van der Waals surface area contributed by atoms with Crippen LogP contribution >= 0.6 is 0 Å². The molecule has 1 amide bonds. The number of rotatable bonds is 3. The summed E-state index contributed by atoms with van der Waals surface area (Å²) in [6, 6.07) is -0.827. The summed E-state index contributed by atoms with van der Waals surface area (Å²) in [6.07, 6.45) is 1.78. The molecule has 0 aromatic carbocycles. The summed E-state index contributed by atoms with van der Waals surface area (Å²) in [7, 11) is 1.65. The Morgan fingerprint density at radius 2 is 2.47 bits per heavy atom. The first-order valence-electron chi connectivity index (χ1n) is 5.31. The molecule has 1 aliphatic heterocycles. The van der Waals surface area contributed by atoms with Crippen LogP contribution in [0.15, 0.2) is 6.33 Å². The number of carboxylic acid groups (broad SMARTS) is 1. The van der Waals surface area contributed by atoms with Crippen LogP contribution in [-0.4, -0.2) is 51.5 Å². The highest BCUT2D eigenvalue weighted by atomic mass is 16.4. The number of aromatic amines is 1. The van der Waals surface area contributed by atoms with Gasteiger partial charge in [-0.05, 0) is 7.05 Å². The van der Waals surface area contributed by atoms with Gasteiger partial charge in [-0.15, -0.1) is 0 Å². The van der Waals surface area contributed by atoms with E-state index in [1.165, 1.54) is 11.2 Å². The summed E-state index contributed by atoms with van der Waals surface area (Å²) >= 11 is 0. The first-order valence-corrected chi connectivity index (χ1v) is 5.31. The van der Waals surface area contributed by atoms with E-state index in [0.717, 1.165) is 11.4 Å². The number of hydrogen-bond acceptors (Lipinski definition) is 4. The molecule has 0 saturated carbocycles. The molecule has 0 aliphatic carbocycles. The quantitative estimate of drug-likeness (QED) is 0.625. The van der Waals surface area contributed by atoms with Crippen molar-refractivity contribution in [1.29, 1.82) is 0 Å². The van der Waals surface area contributed by atoms with Crippen molar-refractivity contribution in [2.75, 3.05) is 13.6 Å². The van der Waals surface area contributed by atoms with Crippen LogP contribution in [0.2, 0.25) is 0 Å². The molecule has 7 heteroatoms. The number of hydrogen-bond donors (Lipinski definition) is 3. The highest BCUT2D eigenvalue weighted by Gasteiger charge is 2.35. The highest BCUT2D eigenvalue weighted by molar-refractivity contribution is 5.85. The van der Waals surface area contributed by atoms with Crippen LogP contribution in [0.5, 0.6) is 0 Å². The minimum absolute atomic E-state index is 0.132. The third kappa shape index (κ3) is 2.14. The second-order valence-corrected chi connectivity index (χ2v) is 3.94. The number of likely N-dealkylation sites (N-methyl/N-ethyl adjacent to an activating group) is 1. The number of nitrogens with one attached hydrogen (secondary N) is 2. The van der Waals surface area contributed by atoms with Crippen molar-refractivity contribution in [1.82, 2.24) is 20.2 Å². The largest absolute Gasteiger partial charge is 0.480 e. The number of nitrogens with zero attached hydrogens (tertiary/aromatic N) is 2. The lowest BCUT2D eigenvalue weighted by Crippen LogP contribution is -2.50. The molecular weight excluding hydrogens is 224 g/mol. The molecule has 1 aromatic heterocycles. The van der Waals surface area contributed by atoms with Crippen molar-refractivity contribution in [3.05, 3.63) is 17.7 Å². The Bertz CT molecular complexity index is 443. The minimum atomic E-state index is -0.997. The van der Waals surface area contributed by atoms with Gasteiger partial charge in [0.05, 0.1) is 30.8 Å². The number of carbonyl (C=O) groups is 2. The molecule has 0 fully saturated rings. The van der Waals surface area contributed by atoms with E-state index in [0.29, 0.717) is 0 Å². The van der Waals surface area contributed by atoms with E-state index in [-0.39, 0.29) is 25.4 Å². The van der Waals surface area contributed by atoms with Crippen molar-refractivity contribution < 1.29 is 14.7 Å². The predicted octanol–water partition coefficient (Wildman–Crippen LogP) is -1.03. The van der Waals surface area contributed by atoms with Crippen LogP contribution in [0.4, 0.5) is 0 Å². The van der Waals surface area contributed by atoms with E-state index in [1.54, 1.807) is 7.05 Å². The summed E-state index contributed by atoms with van der Waals surface area (Å²) in [5, 5.41) is 11.9. The van der Waals surface area contributed by atoms with Gasteiger partial charge in [-0.25, -0.2) is 9.78 Å². The molecular formula is C10H14N4O3. The zero-order valence-electron chi connectivity index (χ0n) is 9.43. The van der Waals surface area contributed by atoms with E-state index in [4.69, 9.17) is 5.11 Å². The van der Waals surface area contributed by atoms with E-state index in [2.05, 4.69) is 15.3 Å². The number of H-pyrrole nitrogens is 1. The van der Waals surface area contributed by atoms with E-state index in [1.807, 2.05) is 0 Å². The molecule has 0 bridgehead atoms. The third-order valence-corrected chi connectivity index (χ3v) is 2.83. The molecule has 0 saturated heterocycles. The Hall–Kier alpha value is -1.89. The lowest BCUT2D eigenvalue weighted by atomic mass is 10.0. The summed E-state index contributed by atoms with van der Waals surface area (Å²) in [4.78, 5) is 31.3. The summed E-state index contributed by atoms with van der Waals surface area (Å²) in [5.74, 6) is -1.22. The molecule has 3 N–H and O–H groups in total. The SMILES string of the molecule is CNCC(=O)N1Cc2[nH]cnc2CC1C(=O)O. The molecule has 0 radical (unpaired) electrons. The second kappa shape index (κ2) is 4.54. The van der Waals surface area contributed by atoms with E-state index < -0.39 is 12.0 Å². The fourth-order valence-electron chi connectivity index (χ4n) is 1.97. The van der Waals surface area contributed by atoms with Crippen molar-refractivity contribution in [3.63, 3.8) is 0 Å². The van der Waals surface area contributed by atoms with Gasteiger partial charge in [0, 0.05) is 6.42 Å². The number of amides is 1. The first kappa shape index (κ1) is 11.6. The molecule has 1 aliphatic rings. The van der Waals surface area contributed by atoms with Gasteiger partial charge in [0.1, 0.15) is 6.04 Å². The molecule has 1 aromatic rings. The van der Waals surface area contributed by atoms with Gasteiger partial charge in [0.15, 0.2) is 0 Å². The number of carboxylic acids is 1.